The highest BCUT2D eigenvalue weighted by molar-refractivity contribution is 5.85. The molecule has 0 saturated heterocycles. The van der Waals surface area contributed by atoms with E-state index in [1.54, 1.807) is 12.1 Å². The first-order valence-corrected chi connectivity index (χ1v) is 7.04. The molecule has 8 heteroatoms. The van der Waals surface area contributed by atoms with Crippen LogP contribution >= 0.6 is 12.4 Å². The van der Waals surface area contributed by atoms with Gasteiger partial charge in [0.1, 0.15) is 5.75 Å². The largest absolute Gasteiger partial charge is 0.484 e. The van der Waals surface area contributed by atoms with Crippen LogP contribution in [0.3, 0.4) is 0 Å². The van der Waals surface area contributed by atoms with Gasteiger partial charge in [0.2, 0.25) is 5.91 Å². The summed E-state index contributed by atoms with van der Waals surface area (Å²) in [5.74, 6) is -0.118. The van der Waals surface area contributed by atoms with Crippen molar-refractivity contribution in [3.63, 3.8) is 0 Å². The molecule has 0 fully saturated rings. The number of rotatable bonds is 7. The van der Waals surface area contributed by atoms with Crippen LogP contribution in [-0.2, 0) is 11.3 Å². The van der Waals surface area contributed by atoms with Gasteiger partial charge in [-0.2, -0.15) is 13.2 Å². The number of carbonyl (C=O) groups excluding carboxylic acids is 1. The Morgan fingerprint density at radius 3 is 2.61 bits per heavy atom. The summed E-state index contributed by atoms with van der Waals surface area (Å²) in [6, 6.07) is 5.55. The van der Waals surface area contributed by atoms with Crippen LogP contribution < -0.4 is 15.8 Å². The monoisotopic (exact) mass is 354 g/mol. The van der Waals surface area contributed by atoms with Gasteiger partial charge < -0.3 is 15.8 Å². The molecule has 0 bridgehead atoms. The molecule has 0 saturated carbocycles. The summed E-state index contributed by atoms with van der Waals surface area (Å²) < 4.78 is 41.0. The SMILES string of the molecule is CCC(C)C(N)C(=O)NCc1cccc(OCC(F)(F)F)c1.Cl. The van der Waals surface area contributed by atoms with Crippen LogP contribution in [0, 0.1) is 5.92 Å². The van der Waals surface area contributed by atoms with Crippen LogP contribution in [0.15, 0.2) is 24.3 Å². The summed E-state index contributed by atoms with van der Waals surface area (Å²) >= 11 is 0. The first-order valence-electron chi connectivity index (χ1n) is 7.04. The van der Waals surface area contributed by atoms with Gasteiger partial charge in [0.25, 0.3) is 0 Å². The molecule has 4 nitrogen and oxygen atoms in total. The Morgan fingerprint density at radius 1 is 1.39 bits per heavy atom. The lowest BCUT2D eigenvalue weighted by Crippen LogP contribution is -2.44. The maximum Gasteiger partial charge on any atom is 0.422 e. The quantitative estimate of drug-likeness (QED) is 0.791. The number of hydrogen-bond acceptors (Lipinski definition) is 3. The minimum atomic E-state index is -4.38. The van der Waals surface area contributed by atoms with E-state index in [-0.39, 0.29) is 36.5 Å². The number of amides is 1. The van der Waals surface area contributed by atoms with Crippen molar-refractivity contribution in [3.05, 3.63) is 29.8 Å². The Balaban J connectivity index is 0.00000484. The highest BCUT2D eigenvalue weighted by atomic mass is 35.5. The van der Waals surface area contributed by atoms with Crippen molar-refractivity contribution in [2.45, 2.75) is 39.0 Å². The molecule has 2 unspecified atom stereocenters. The van der Waals surface area contributed by atoms with Gasteiger partial charge in [-0.05, 0) is 23.6 Å². The molecule has 1 aromatic rings. The van der Waals surface area contributed by atoms with Gasteiger partial charge >= 0.3 is 6.18 Å². The molecule has 0 aliphatic carbocycles. The Hall–Kier alpha value is -1.47. The molecule has 0 aliphatic rings. The van der Waals surface area contributed by atoms with Crippen molar-refractivity contribution >= 4 is 18.3 Å². The van der Waals surface area contributed by atoms with Gasteiger partial charge in [-0.1, -0.05) is 32.4 Å². The topological polar surface area (TPSA) is 64.4 Å². The van der Waals surface area contributed by atoms with E-state index >= 15 is 0 Å². The molecular formula is C15H22ClF3N2O2. The van der Waals surface area contributed by atoms with Gasteiger partial charge in [0.05, 0.1) is 6.04 Å². The van der Waals surface area contributed by atoms with Crippen molar-refractivity contribution in [2.75, 3.05) is 6.61 Å². The number of nitrogens with two attached hydrogens (primary N) is 1. The van der Waals surface area contributed by atoms with Crippen molar-refractivity contribution in [1.82, 2.24) is 5.32 Å². The van der Waals surface area contributed by atoms with Crippen LogP contribution in [0.4, 0.5) is 13.2 Å². The maximum absolute atomic E-state index is 12.1. The molecule has 0 aromatic heterocycles. The number of benzene rings is 1. The lowest BCUT2D eigenvalue weighted by Gasteiger charge is -2.18. The second-order valence-electron chi connectivity index (χ2n) is 5.18. The zero-order valence-electron chi connectivity index (χ0n) is 13.0. The molecule has 23 heavy (non-hydrogen) atoms. The summed E-state index contributed by atoms with van der Waals surface area (Å²) in [6.45, 7) is 2.67. The zero-order chi connectivity index (χ0) is 16.8. The fourth-order valence-electron chi connectivity index (χ4n) is 1.73. The van der Waals surface area contributed by atoms with Gasteiger partial charge in [-0.25, -0.2) is 0 Å². The molecule has 0 aliphatic heterocycles. The van der Waals surface area contributed by atoms with E-state index in [0.29, 0.717) is 5.56 Å². The van der Waals surface area contributed by atoms with Crippen LogP contribution in [0.2, 0.25) is 0 Å². The molecule has 0 heterocycles. The average molecular weight is 355 g/mol. The second-order valence-corrected chi connectivity index (χ2v) is 5.18. The fraction of sp³-hybridized carbons (Fsp3) is 0.533. The van der Waals surface area contributed by atoms with Crippen LogP contribution in [-0.4, -0.2) is 24.7 Å². The molecule has 1 rings (SSSR count). The lowest BCUT2D eigenvalue weighted by atomic mass is 9.99. The normalized spacial score (nSPS) is 13.7. The smallest absolute Gasteiger partial charge is 0.422 e. The third-order valence-corrected chi connectivity index (χ3v) is 3.33. The second kappa shape index (κ2) is 9.62. The summed E-state index contributed by atoms with van der Waals surface area (Å²) in [5, 5.41) is 2.67. The van der Waals surface area contributed by atoms with Gasteiger partial charge in [0, 0.05) is 6.54 Å². The van der Waals surface area contributed by atoms with E-state index in [1.807, 2.05) is 13.8 Å². The summed E-state index contributed by atoms with van der Waals surface area (Å²) in [6.07, 6.45) is -3.59. The molecule has 132 valence electrons. The predicted octanol–water partition coefficient (Wildman–Crippen LogP) is 3.04. The lowest BCUT2D eigenvalue weighted by molar-refractivity contribution is -0.153. The average Bonchev–Trinajstić information content (AvgIpc) is 2.48. The van der Waals surface area contributed by atoms with Crippen LogP contribution in [0.5, 0.6) is 5.75 Å². The van der Waals surface area contributed by atoms with E-state index in [1.165, 1.54) is 12.1 Å². The van der Waals surface area contributed by atoms with Crippen LogP contribution in [0.1, 0.15) is 25.8 Å². The molecule has 0 radical (unpaired) electrons. The molecule has 0 spiro atoms. The number of hydrogen-bond donors (Lipinski definition) is 2. The molecule has 2 atom stereocenters. The van der Waals surface area contributed by atoms with E-state index in [2.05, 4.69) is 10.1 Å². The van der Waals surface area contributed by atoms with Crippen molar-refractivity contribution in [1.29, 1.82) is 0 Å². The van der Waals surface area contributed by atoms with Crippen molar-refractivity contribution in [3.8, 4) is 5.75 Å². The molecule has 1 amide bonds. The van der Waals surface area contributed by atoms with Gasteiger partial charge in [-0.3, -0.25) is 4.79 Å². The highest BCUT2D eigenvalue weighted by Crippen LogP contribution is 2.19. The van der Waals surface area contributed by atoms with Crippen LogP contribution in [0.25, 0.3) is 0 Å². The van der Waals surface area contributed by atoms with Gasteiger partial charge in [0.15, 0.2) is 6.61 Å². The Kier molecular flexibility index (Phi) is 9.01. The minimum Gasteiger partial charge on any atom is -0.484 e. The predicted molar refractivity (Wildman–Crippen MR) is 84.5 cm³/mol. The van der Waals surface area contributed by atoms with E-state index in [0.717, 1.165) is 6.42 Å². The highest BCUT2D eigenvalue weighted by Gasteiger charge is 2.28. The summed E-state index contributed by atoms with van der Waals surface area (Å²) in [4.78, 5) is 11.8. The van der Waals surface area contributed by atoms with Crippen molar-refractivity contribution < 1.29 is 22.7 Å². The third-order valence-electron chi connectivity index (χ3n) is 3.33. The summed E-state index contributed by atoms with van der Waals surface area (Å²) in [5.41, 5.74) is 6.44. The Morgan fingerprint density at radius 2 is 2.04 bits per heavy atom. The maximum atomic E-state index is 12.1. The third kappa shape index (κ3) is 8.08. The van der Waals surface area contributed by atoms with Gasteiger partial charge in [-0.15, -0.1) is 12.4 Å². The first kappa shape index (κ1) is 21.5. The number of nitrogens with one attached hydrogen (secondary N) is 1. The Labute approximate surface area is 140 Å². The number of carbonyl (C=O) groups is 1. The fourth-order valence-corrected chi connectivity index (χ4v) is 1.73. The van der Waals surface area contributed by atoms with Crippen molar-refractivity contribution in [2.24, 2.45) is 11.7 Å². The molecule has 1 aromatic carbocycles. The number of halogens is 4. The number of alkyl halides is 3. The summed E-state index contributed by atoms with van der Waals surface area (Å²) in [7, 11) is 0. The standard InChI is InChI=1S/C15H21F3N2O2.ClH/c1-3-10(2)13(19)14(21)20-8-11-5-4-6-12(7-11)22-9-15(16,17)18;/h4-7,10,13H,3,8-9,19H2,1-2H3,(H,20,21);1H. The van der Waals surface area contributed by atoms with E-state index < -0.39 is 18.8 Å². The molecular weight excluding hydrogens is 333 g/mol. The molecule has 3 N–H and O–H groups in total. The first-order chi connectivity index (χ1) is 10.2. The van der Waals surface area contributed by atoms with E-state index in [4.69, 9.17) is 5.73 Å². The number of ether oxygens (including phenoxy) is 1. The zero-order valence-corrected chi connectivity index (χ0v) is 13.8. The Bertz CT molecular complexity index is 498. The minimum absolute atomic E-state index is 0. The van der Waals surface area contributed by atoms with E-state index in [9.17, 15) is 18.0 Å².